The summed E-state index contributed by atoms with van der Waals surface area (Å²) < 4.78 is 28.8. The largest absolute Gasteiger partial charge is 0.351 e. The van der Waals surface area contributed by atoms with Gasteiger partial charge in [0.25, 0.3) is 0 Å². The van der Waals surface area contributed by atoms with Crippen molar-refractivity contribution in [3.05, 3.63) is 175 Å². The first-order valence-electron chi connectivity index (χ1n) is 21.3. The van der Waals surface area contributed by atoms with E-state index in [0.717, 1.165) is 61.2 Å². The first-order chi connectivity index (χ1) is 28.7. The minimum Gasteiger partial charge on any atom is -0.351 e. The van der Waals surface area contributed by atoms with E-state index in [2.05, 4.69) is 140 Å². The Bertz CT molecular complexity index is 2920. The Morgan fingerprint density at radius 3 is 2.00 bits per heavy atom. The van der Waals surface area contributed by atoms with Gasteiger partial charge in [-0.15, -0.1) is 59.7 Å². The monoisotopic (exact) mass is 954 g/mol. The third-order valence-corrected chi connectivity index (χ3v) is 12.7. The minimum atomic E-state index is -2.21. The van der Waals surface area contributed by atoms with Gasteiger partial charge in [0.15, 0.2) is 0 Å². The molecule has 0 aliphatic carbocycles. The quantitative estimate of drug-likeness (QED) is 0.118. The number of pyridine rings is 1. The molecular weight excluding hydrogens is 901 g/mol. The van der Waals surface area contributed by atoms with Crippen molar-refractivity contribution in [1.29, 1.82) is 0 Å². The first-order valence-corrected chi connectivity index (χ1v) is 23.3. The number of aryl methyl sites for hydroxylation is 1. The molecular formula is C52H50IrN4Si-2. The molecule has 0 unspecified atom stereocenters. The maximum Gasteiger partial charge on any atom is 0.0795 e. The van der Waals surface area contributed by atoms with Crippen LogP contribution in [0.1, 0.15) is 60.3 Å². The third-order valence-electron chi connectivity index (χ3n) is 10.7. The summed E-state index contributed by atoms with van der Waals surface area (Å²) in [6.07, 6.45) is 2.02. The number of benzene rings is 6. The summed E-state index contributed by atoms with van der Waals surface area (Å²) in [5.41, 5.74) is 11.8. The van der Waals surface area contributed by atoms with Crippen LogP contribution in [-0.4, -0.2) is 27.2 Å². The van der Waals surface area contributed by atoms with Crippen molar-refractivity contribution in [2.45, 2.75) is 66.0 Å². The summed E-state index contributed by atoms with van der Waals surface area (Å²) in [4.78, 5) is 9.72. The molecule has 3 aromatic heterocycles. The second-order valence-electron chi connectivity index (χ2n) is 16.4. The van der Waals surface area contributed by atoms with E-state index in [-0.39, 0.29) is 20.1 Å². The molecule has 0 fully saturated rings. The van der Waals surface area contributed by atoms with E-state index in [0.29, 0.717) is 17.4 Å². The molecule has 0 saturated carbocycles. The Morgan fingerprint density at radius 2 is 1.34 bits per heavy atom. The van der Waals surface area contributed by atoms with Crippen molar-refractivity contribution in [3.63, 3.8) is 0 Å². The SMILES string of the molecule is C[Si](C)(C)c1ccc(-c2[c-]cccc2)nc1.[2H]C([2H])([2H])c1ccc2c(c1)c1cc(-c3nc4ccccc4n3-c3c(C(C)C)cccc3C(C)C)[c-]cc1n2-c1ccccc1.[Ir]. The van der Waals surface area contributed by atoms with Gasteiger partial charge < -0.3 is 14.1 Å². The van der Waals surface area contributed by atoms with Crippen molar-refractivity contribution in [2.75, 3.05) is 0 Å². The number of para-hydroxylation sites is 4. The Hall–Kier alpha value is -5.39. The van der Waals surface area contributed by atoms with E-state index < -0.39 is 14.9 Å². The molecule has 4 nitrogen and oxygen atoms in total. The molecule has 0 aliphatic heterocycles. The molecule has 58 heavy (non-hydrogen) atoms. The summed E-state index contributed by atoms with van der Waals surface area (Å²) in [5, 5.41) is 3.25. The van der Waals surface area contributed by atoms with Gasteiger partial charge in [-0.25, -0.2) is 0 Å². The van der Waals surface area contributed by atoms with Crippen molar-refractivity contribution < 1.29 is 24.2 Å². The third kappa shape index (κ3) is 7.89. The molecule has 3 heterocycles. The van der Waals surface area contributed by atoms with Crippen LogP contribution < -0.4 is 5.19 Å². The maximum absolute atomic E-state index is 8.11. The van der Waals surface area contributed by atoms with Gasteiger partial charge in [-0.1, -0.05) is 131 Å². The number of nitrogens with zero attached hydrogens (tertiary/aromatic N) is 4. The molecule has 9 aromatic rings. The summed E-state index contributed by atoms with van der Waals surface area (Å²) in [5.74, 6) is 1.44. The van der Waals surface area contributed by atoms with E-state index in [1.54, 1.807) is 6.07 Å². The number of aromatic nitrogens is 4. The van der Waals surface area contributed by atoms with Crippen LogP contribution in [0.3, 0.4) is 0 Å². The van der Waals surface area contributed by atoms with Gasteiger partial charge in [-0.3, -0.25) is 4.98 Å². The Balaban J connectivity index is 0.000000278. The van der Waals surface area contributed by atoms with E-state index in [9.17, 15) is 0 Å². The molecule has 9 rings (SSSR count). The molecule has 293 valence electrons. The van der Waals surface area contributed by atoms with E-state index in [4.69, 9.17) is 9.10 Å². The normalized spacial score (nSPS) is 12.6. The second-order valence-corrected chi connectivity index (χ2v) is 21.4. The molecule has 0 N–H and O–H groups in total. The predicted octanol–water partition coefficient (Wildman–Crippen LogP) is 13.2. The Morgan fingerprint density at radius 1 is 0.638 bits per heavy atom. The van der Waals surface area contributed by atoms with E-state index >= 15 is 0 Å². The van der Waals surface area contributed by atoms with Crippen LogP contribution in [0.4, 0.5) is 0 Å². The zero-order valence-electron chi connectivity index (χ0n) is 37.1. The molecule has 0 saturated heterocycles. The molecule has 6 aromatic carbocycles. The fraction of sp³-hybridized carbons (Fsp3) is 0.192. The zero-order valence-corrected chi connectivity index (χ0v) is 37.5. The van der Waals surface area contributed by atoms with Crippen LogP contribution in [0.2, 0.25) is 19.6 Å². The zero-order chi connectivity index (χ0) is 42.3. The number of imidazole rings is 1. The summed E-state index contributed by atoms with van der Waals surface area (Å²) in [6.45, 7) is 13.7. The Kier molecular flexibility index (Phi) is 10.7. The average molecular weight is 954 g/mol. The van der Waals surface area contributed by atoms with E-state index in [1.807, 2.05) is 72.9 Å². The Labute approximate surface area is 362 Å². The topological polar surface area (TPSA) is 35.6 Å². The first kappa shape index (κ1) is 36.9. The molecule has 1 radical (unpaired) electrons. The fourth-order valence-corrected chi connectivity index (χ4v) is 8.73. The van der Waals surface area contributed by atoms with Gasteiger partial charge in [0, 0.05) is 47.3 Å². The molecule has 0 aliphatic rings. The van der Waals surface area contributed by atoms with Crippen LogP contribution >= 0.6 is 0 Å². The van der Waals surface area contributed by atoms with Crippen LogP contribution in [0.5, 0.6) is 0 Å². The standard InChI is InChI=1S/C38H34N3.C14H16NSi.Ir/c1-24(2)29-14-11-15-30(25(3)4)37(29)41-36-17-10-9-16-33(36)39-38(41)27-19-21-35-32(23-27)31-22-26(5)18-20-34(31)40(35)28-12-7-6-8-13-28;1-16(2,3)13-9-10-14(15-11-13)12-7-5-4-6-8-12;/h6-18,20-25H,1-5H3;4-7,9-11H,1-3H3;/q2*-1;/i5D3;;. The average Bonchev–Trinajstić information content (AvgIpc) is 3.79. The van der Waals surface area contributed by atoms with Crippen LogP contribution in [0, 0.1) is 19.0 Å². The van der Waals surface area contributed by atoms with E-state index in [1.165, 1.54) is 22.0 Å². The second kappa shape index (κ2) is 16.8. The van der Waals surface area contributed by atoms with Gasteiger partial charge in [-0.2, -0.15) is 0 Å². The van der Waals surface area contributed by atoms with Gasteiger partial charge in [0.1, 0.15) is 0 Å². The molecule has 0 spiro atoms. The number of rotatable bonds is 7. The van der Waals surface area contributed by atoms with Crippen molar-refractivity contribution in [3.8, 4) is 34.0 Å². The number of fused-ring (bicyclic) bond motifs is 4. The molecule has 0 amide bonds. The van der Waals surface area contributed by atoms with Gasteiger partial charge in [0.05, 0.1) is 24.9 Å². The molecule has 0 atom stereocenters. The predicted molar refractivity (Wildman–Crippen MR) is 244 cm³/mol. The number of hydrogen-bond acceptors (Lipinski definition) is 2. The summed E-state index contributed by atoms with van der Waals surface area (Å²) >= 11 is 0. The maximum atomic E-state index is 8.11. The van der Waals surface area contributed by atoms with Gasteiger partial charge in [-0.05, 0) is 81.9 Å². The minimum absolute atomic E-state index is 0. The summed E-state index contributed by atoms with van der Waals surface area (Å²) in [6, 6.07) is 53.7. The van der Waals surface area contributed by atoms with Crippen molar-refractivity contribution >= 4 is 46.1 Å². The van der Waals surface area contributed by atoms with Crippen LogP contribution in [0.25, 0.3) is 66.9 Å². The number of hydrogen-bond donors (Lipinski definition) is 0. The van der Waals surface area contributed by atoms with Crippen LogP contribution in [-0.2, 0) is 20.1 Å². The van der Waals surface area contributed by atoms with Gasteiger partial charge >= 0.3 is 0 Å². The fourth-order valence-electron chi connectivity index (χ4n) is 7.70. The van der Waals surface area contributed by atoms with Crippen molar-refractivity contribution in [1.82, 2.24) is 19.1 Å². The van der Waals surface area contributed by atoms with Crippen molar-refractivity contribution in [2.24, 2.45) is 0 Å². The van der Waals surface area contributed by atoms with Gasteiger partial charge in [0.2, 0.25) is 0 Å². The molecule has 0 bridgehead atoms. The smallest absolute Gasteiger partial charge is 0.0795 e. The molecule has 6 heteroatoms. The summed E-state index contributed by atoms with van der Waals surface area (Å²) in [7, 11) is -1.23. The van der Waals surface area contributed by atoms with Crippen LogP contribution in [0.15, 0.2) is 146 Å².